The van der Waals surface area contributed by atoms with Crippen LogP contribution in [0.15, 0.2) is 37.0 Å². The van der Waals surface area contributed by atoms with Crippen molar-refractivity contribution in [1.82, 2.24) is 0 Å². The molecule has 0 radical (unpaired) electrons. The highest BCUT2D eigenvalue weighted by Crippen LogP contribution is 1.93. The monoisotopic (exact) mass is 166 g/mol. The summed E-state index contributed by atoms with van der Waals surface area (Å²) in [6.45, 7) is 13.3. The van der Waals surface area contributed by atoms with Gasteiger partial charge in [-0.15, -0.1) is 6.58 Å². The molecule has 0 aromatic heterocycles. The Balaban J connectivity index is 0. The van der Waals surface area contributed by atoms with Crippen LogP contribution in [-0.4, -0.2) is 0 Å². The minimum absolute atomic E-state index is 1.17. The van der Waals surface area contributed by atoms with Crippen molar-refractivity contribution in [3.63, 3.8) is 0 Å². The van der Waals surface area contributed by atoms with E-state index in [9.17, 15) is 0 Å². The molecule has 0 saturated carbocycles. The van der Waals surface area contributed by atoms with Crippen LogP contribution in [0.5, 0.6) is 0 Å². The van der Waals surface area contributed by atoms with Crippen molar-refractivity contribution < 1.29 is 0 Å². The van der Waals surface area contributed by atoms with Crippen molar-refractivity contribution in [2.24, 2.45) is 0 Å². The van der Waals surface area contributed by atoms with Gasteiger partial charge in [0, 0.05) is 0 Å². The molecule has 70 valence electrons. The average molecular weight is 166 g/mol. The van der Waals surface area contributed by atoms with Gasteiger partial charge >= 0.3 is 0 Å². The molecular weight excluding hydrogens is 144 g/mol. The summed E-state index contributed by atoms with van der Waals surface area (Å²) >= 11 is 0. The van der Waals surface area contributed by atoms with Crippen LogP contribution in [0.1, 0.15) is 40.0 Å². The van der Waals surface area contributed by atoms with Crippen molar-refractivity contribution in [3.8, 4) is 0 Å². The molecule has 0 aliphatic rings. The molecule has 0 amide bonds. The lowest BCUT2D eigenvalue weighted by atomic mass is 10.2. The zero-order valence-electron chi connectivity index (χ0n) is 8.77. The van der Waals surface area contributed by atoms with Crippen molar-refractivity contribution in [3.05, 3.63) is 37.0 Å². The fourth-order valence-corrected chi connectivity index (χ4v) is 0.514. The standard InChI is InChI=1S/C8H14.C4H8/c1-3-5-7-8-6-4-2;1-4(2)3/h3,5,7H,1,4,6,8H2,2H3;1H2,2-3H3. The van der Waals surface area contributed by atoms with Gasteiger partial charge in [0.25, 0.3) is 0 Å². The van der Waals surface area contributed by atoms with Crippen LogP contribution in [0.25, 0.3) is 0 Å². The summed E-state index contributed by atoms with van der Waals surface area (Å²) in [4.78, 5) is 0. The predicted octanol–water partition coefficient (Wildman–Crippen LogP) is 4.50. The Labute approximate surface area is 77.7 Å². The van der Waals surface area contributed by atoms with Crippen LogP contribution >= 0.6 is 0 Å². The Morgan fingerprint density at radius 1 is 1.33 bits per heavy atom. The van der Waals surface area contributed by atoms with E-state index < -0.39 is 0 Å². The third-order valence-electron chi connectivity index (χ3n) is 0.997. The van der Waals surface area contributed by atoms with E-state index in [2.05, 4.69) is 26.2 Å². The largest absolute Gasteiger partial charge is 0.100 e. The molecule has 0 aliphatic carbocycles. The zero-order valence-corrected chi connectivity index (χ0v) is 8.77. The van der Waals surface area contributed by atoms with Gasteiger partial charge in [0.05, 0.1) is 0 Å². The highest BCUT2D eigenvalue weighted by atomic mass is 13.8. The fraction of sp³-hybridized carbons (Fsp3) is 0.500. The molecule has 0 aliphatic heterocycles. The van der Waals surface area contributed by atoms with E-state index in [4.69, 9.17) is 0 Å². The molecule has 12 heavy (non-hydrogen) atoms. The number of allylic oxidation sites excluding steroid dienone is 4. The van der Waals surface area contributed by atoms with Gasteiger partial charge in [0.2, 0.25) is 0 Å². The molecule has 0 spiro atoms. The summed E-state index contributed by atoms with van der Waals surface area (Å²) < 4.78 is 0. The lowest BCUT2D eigenvalue weighted by molar-refractivity contribution is 0.815. The number of rotatable bonds is 4. The van der Waals surface area contributed by atoms with E-state index in [0.29, 0.717) is 0 Å². The molecule has 0 aromatic rings. The minimum Gasteiger partial charge on any atom is -0.100 e. The van der Waals surface area contributed by atoms with Gasteiger partial charge in [-0.05, 0) is 20.3 Å². The second kappa shape index (κ2) is 12.9. The van der Waals surface area contributed by atoms with Crippen LogP contribution in [0, 0.1) is 0 Å². The summed E-state index contributed by atoms with van der Waals surface area (Å²) in [5, 5.41) is 0. The van der Waals surface area contributed by atoms with Gasteiger partial charge in [-0.3, -0.25) is 0 Å². The summed E-state index contributed by atoms with van der Waals surface area (Å²) in [6.07, 6.45) is 9.73. The van der Waals surface area contributed by atoms with Crippen molar-refractivity contribution in [1.29, 1.82) is 0 Å². The third kappa shape index (κ3) is 35.0. The topological polar surface area (TPSA) is 0 Å². The minimum atomic E-state index is 1.17. The molecule has 0 rings (SSSR count). The smallest absolute Gasteiger partial charge is 0.0348 e. The molecule has 0 aromatic carbocycles. The molecule has 0 nitrogen and oxygen atoms in total. The van der Waals surface area contributed by atoms with E-state index in [-0.39, 0.29) is 0 Å². The van der Waals surface area contributed by atoms with Gasteiger partial charge in [0.1, 0.15) is 0 Å². The summed E-state index contributed by atoms with van der Waals surface area (Å²) in [7, 11) is 0. The van der Waals surface area contributed by atoms with Gasteiger partial charge in [-0.1, -0.05) is 50.1 Å². The molecule has 0 heterocycles. The lowest BCUT2D eigenvalue weighted by Gasteiger charge is -1.84. The number of hydrogen-bond donors (Lipinski definition) is 0. The maximum absolute atomic E-state index is 3.57. The van der Waals surface area contributed by atoms with Crippen LogP contribution in [0.3, 0.4) is 0 Å². The van der Waals surface area contributed by atoms with Gasteiger partial charge in [0.15, 0.2) is 0 Å². The van der Waals surface area contributed by atoms with Crippen LogP contribution in [-0.2, 0) is 0 Å². The van der Waals surface area contributed by atoms with Crippen molar-refractivity contribution in [2.75, 3.05) is 0 Å². The second-order valence-electron chi connectivity index (χ2n) is 3.01. The Morgan fingerprint density at radius 3 is 2.17 bits per heavy atom. The van der Waals surface area contributed by atoms with E-state index in [0.717, 1.165) is 0 Å². The Bertz CT molecular complexity index is 125. The van der Waals surface area contributed by atoms with Crippen molar-refractivity contribution in [2.45, 2.75) is 40.0 Å². The van der Waals surface area contributed by atoms with E-state index in [1.807, 2.05) is 26.0 Å². The first-order chi connectivity index (χ1) is 5.65. The van der Waals surface area contributed by atoms with Gasteiger partial charge < -0.3 is 0 Å². The first-order valence-electron chi connectivity index (χ1n) is 4.54. The Morgan fingerprint density at radius 2 is 1.83 bits per heavy atom. The maximum Gasteiger partial charge on any atom is -0.0348 e. The predicted molar refractivity (Wildman–Crippen MR) is 59.4 cm³/mol. The van der Waals surface area contributed by atoms with E-state index in [1.165, 1.54) is 24.8 Å². The Kier molecular flexibility index (Phi) is 14.8. The molecule has 0 N–H and O–H groups in total. The Hall–Kier alpha value is -0.780. The lowest BCUT2D eigenvalue weighted by Crippen LogP contribution is -1.64. The molecule has 0 atom stereocenters. The number of unbranched alkanes of at least 4 members (excludes halogenated alkanes) is 2. The molecule has 0 saturated heterocycles. The van der Waals surface area contributed by atoms with Gasteiger partial charge in [-0.2, -0.15) is 0 Å². The quantitative estimate of drug-likeness (QED) is 0.327. The number of hydrogen-bond acceptors (Lipinski definition) is 0. The molecule has 0 heteroatoms. The van der Waals surface area contributed by atoms with Crippen LogP contribution in [0.4, 0.5) is 0 Å². The molecule has 0 fully saturated rings. The highest BCUT2D eigenvalue weighted by Gasteiger charge is 1.73. The molecule has 0 unspecified atom stereocenters. The molecular formula is C12H22. The molecule has 0 bridgehead atoms. The highest BCUT2D eigenvalue weighted by molar-refractivity contribution is 4.96. The average Bonchev–Trinajstić information content (AvgIpc) is 1.97. The zero-order chi connectivity index (χ0) is 9.82. The maximum atomic E-state index is 3.57. The van der Waals surface area contributed by atoms with Crippen LogP contribution < -0.4 is 0 Å². The SMILES string of the molecule is C=C(C)C.C=CC=CCCCC. The third-order valence-corrected chi connectivity index (χ3v) is 0.997. The van der Waals surface area contributed by atoms with E-state index in [1.54, 1.807) is 0 Å². The van der Waals surface area contributed by atoms with E-state index >= 15 is 0 Å². The van der Waals surface area contributed by atoms with Crippen molar-refractivity contribution >= 4 is 0 Å². The first-order valence-corrected chi connectivity index (χ1v) is 4.54. The summed E-state index contributed by atoms with van der Waals surface area (Å²) in [5.74, 6) is 0. The summed E-state index contributed by atoms with van der Waals surface area (Å²) in [6, 6.07) is 0. The normalized spacial score (nSPS) is 8.92. The van der Waals surface area contributed by atoms with Gasteiger partial charge in [-0.25, -0.2) is 0 Å². The first kappa shape index (κ1) is 13.8. The fourth-order valence-electron chi connectivity index (χ4n) is 0.514. The summed E-state index contributed by atoms with van der Waals surface area (Å²) in [5.41, 5.74) is 1.17. The van der Waals surface area contributed by atoms with Crippen LogP contribution in [0.2, 0.25) is 0 Å². The second-order valence-corrected chi connectivity index (χ2v) is 3.01.